The Morgan fingerprint density at radius 2 is 2.05 bits per heavy atom. The Kier molecular flexibility index (Phi) is 4.37. The molecule has 0 amide bonds. The first-order valence-electron chi connectivity index (χ1n) is 6.49. The quantitative estimate of drug-likeness (QED) is 0.753. The molecule has 0 saturated heterocycles. The van der Waals surface area contributed by atoms with Gasteiger partial charge in [0, 0.05) is 5.75 Å². The molecule has 3 aromatic rings. The number of aliphatic hydroxyl groups is 1. The number of rotatable bonds is 6. The molecular weight excluding hydrogens is 288 g/mol. The maximum atomic E-state index is 10.1. The number of aliphatic hydroxyl groups excluding tert-OH is 1. The molecule has 108 valence electrons. The molecule has 1 aromatic carbocycles. The van der Waals surface area contributed by atoms with Gasteiger partial charge in [-0.2, -0.15) is 4.98 Å². The molecule has 2 heterocycles. The molecule has 1 N–H and O–H groups in total. The fourth-order valence-electron chi connectivity index (χ4n) is 1.85. The van der Waals surface area contributed by atoms with Crippen molar-refractivity contribution < 1.29 is 14.0 Å². The van der Waals surface area contributed by atoms with Crippen LogP contribution >= 0.6 is 11.8 Å². The summed E-state index contributed by atoms with van der Waals surface area (Å²) in [5.41, 5.74) is 1.70. The summed E-state index contributed by atoms with van der Waals surface area (Å²) in [6.45, 7) is 0. The van der Waals surface area contributed by atoms with Gasteiger partial charge < -0.3 is 14.0 Å². The molecule has 0 radical (unpaired) electrons. The van der Waals surface area contributed by atoms with Crippen LogP contribution in [0.4, 0.5) is 0 Å². The number of hydrogen-bond acceptors (Lipinski definition) is 6. The maximum Gasteiger partial charge on any atom is 0.236 e. The van der Waals surface area contributed by atoms with Crippen molar-refractivity contribution in [3.05, 3.63) is 60.4 Å². The summed E-state index contributed by atoms with van der Waals surface area (Å²) in [7, 11) is 0. The Morgan fingerprint density at radius 1 is 1.19 bits per heavy atom. The zero-order valence-electron chi connectivity index (χ0n) is 11.2. The number of hydrogen-bond donors (Lipinski definition) is 1. The second-order valence-electron chi connectivity index (χ2n) is 4.47. The Labute approximate surface area is 126 Å². The number of aromatic nitrogens is 2. The van der Waals surface area contributed by atoms with Crippen molar-refractivity contribution in [3.63, 3.8) is 0 Å². The second kappa shape index (κ2) is 6.60. The third-order valence-electron chi connectivity index (χ3n) is 2.93. The molecule has 6 heteroatoms. The van der Waals surface area contributed by atoms with E-state index >= 15 is 0 Å². The third-order valence-corrected chi connectivity index (χ3v) is 3.94. The van der Waals surface area contributed by atoms with Crippen LogP contribution in [0.15, 0.2) is 57.9 Å². The van der Waals surface area contributed by atoms with Gasteiger partial charge in [0.15, 0.2) is 0 Å². The fraction of sp³-hybridized carbons (Fsp3) is 0.200. The Bertz CT molecular complexity index is 667. The predicted molar refractivity (Wildman–Crippen MR) is 79.6 cm³/mol. The number of benzene rings is 1. The smallest absolute Gasteiger partial charge is 0.236 e. The summed E-state index contributed by atoms with van der Waals surface area (Å²) in [6, 6.07) is 11.4. The SMILES string of the molecule is O[C@H](CSCc1nc(-c2ccoc2)no1)c1ccccc1. The van der Waals surface area contributed by atoms with E-state index in [1.165, 1.54) is 0 Å². The average Bonchev–Trinajstić information content (AvgIpc) is 3.19. The highest BCUT2D eigenvalue weighted by atomic mass is 32.2. The largest absolute Gasteiger partial charge is 0.472 e. The van der Waals surface area contributed by atoms with E-state index in [0.717, 1.165) is 11.1 Å². The third kappa shape index (κ3) is 3.53. The van der Waals surface area contributed by atoms with Crippen molar-refractivity contribution in [2.45, 2.75) is 11.9 Å². The zero-order valence-corrected chi connectivity index (χ0v) is 12.0. The highest BCUT2D eigenvalue weighted by Crippen LogP contribution is 2.22. The van der Waals surface area contributed by atoms with Gasteiger partial charge in [-0.3, -0.25) is 0 Å². The molecular formula is C15H14N2O3S. The van der Waals surface area contributed by atoms with Crippen LogP contribution < -0.4 is 0 Å². The minimum atomic E-state index is -0.493. The molecule has 21 heavy (non-hydrogen) atoms. The Morgan fingerprint density at radius 3 is 2.81 bits per heavy atom. The van der Waals surface area contributed by atoms with Crippen LogP contribution in [-0.2, 0) is 5.75 Å². The van der Waals surface area contributed by atoms with Crippen molar-refractivity contribution in [3.8, 4) is 11.4 Å². The highest BCUT2D eigenvalue weighted by Gasteiger charge is 2.11. The van der Waals surface area contributed by atoms with Crippen LogP contribution in [0.5, 0.6) is 0 Å². The first kappa shape index (κ1) is 13.9. The lowest BCUT2D eigenvalue weighted by molar-refractivity contribution is 0.204. The van der Waals surface area contributed by atoms with Gasteiger partial charge in [-0.1, -0.05) is 35.5 Å². The lowest BCUT2D eigenvalue weighted by Gasteiger charge is -2.09. The summed E-state index contributed by atoms with van der Waals surface area (Å²) >= 11 is 1.55. The molecule has 5 nitrogen and oxygen atoms in total. The number of thioether (sulfide) groups is 1. The van der Waals surface area contributed by atoms with Gasteiger partial charge in [-0.15, -0.1) is 11.8 Å². The molecule has 0 saturated carbocycles. The van der Waals surface area contributed by atoms with Gasteiger partial charge in [-0.25, -0.2) is 0 Å². The van der Waals surface area contributed by atoms with E-state index in [-0.39, 0.29) is 0 Å². The summed E-state index contributed by atoms with van der Waals surface area (Å²) in [5.74, 6) is 2.20. The topological polar surface area (TPSA) is 72.3 Å². The van der Waals surface area contributed by atoms with Gasteiger partial charge in [-0.05, 0) is 11.6 Å². The van der Waals surface area contributed by atoms with Gasteiger partial charge >= 0.3 is 0 Å². The lowest BCUT2D eigenvalue weighted by Crippen LogP contribution is -2.00. The van der Waals surface area contributed by atoms with E-state index in [2.05, 4.69) is 10.1 Å². The van der Waals surface area contributed by atoms with Crippen LogP contribution in [-0.4, -0.2) is 21.0 Å². The highest BCUT2D eigenvalue weighted by molar-refractivity contribution is 7.98. The van der Waals surface area contributed by atoms with Gasteiger partial charge in [0.1, 0.15) is 6.26 Å². The standard InChI is InChI=1S/C15H14N2O3S/c18-13(11-4-2-1-3-5-11)9-21-10-14-16-15(17-20-14)12-6-7-19-8-12/h1-8,13,18H,9-10H2/t13-/m1/s1. The maximum absolute atomic E-state index is 10.1. The van der Waals surface area contributed by atoms with Crippen LogP contribution in [0.1, 0.15) is 17.6 Å². The molecule has 3 rings (SSSR count). The monoisotopic (exact) mass is 302 g/mol. The van der Waals surface area contributed by atoms with E-state index in [1.54, 1.807) is 30.4 Å². The van der Waals surface area contributed by atoms with E-state index in [1.807, 2.05) is 30.3 Å². The Balaban J connectivity index is 1.52. The molecule has 0 aliphatic carbocycles. The van der Waals surface area contributed by atoms with Crippen molar-refractivity contribution >= 4 is 11.8 Å². The van der Waals surface area contributed by atoms with Crippen molar-refractivity contribution in [2.75, 3.05) is 5.75 Å². The summed E-state index contributed by atoms with van der Waals surface area (Å²) in [6.07, 6.45) is 2.64. The average molecular weight is 302 g/mol. The predicted octanol–water partition coefficient (Wildman–Crippen LogP) is 3.30. The van der Waals surface area contributed by atoms with Crippen LogP contribution in [0, 0.1) is 0 Å². The van der Waals surface area contributed by atoms with Crippen LogP contribution in [0.25, 0.3) is 11.4 Å². The van der Waals surface area contributed by atoms with E-state index in [9.17, 15) is 5.11 Å². The first-order valence-corrected chi connectivity index (χ1v) is 7.64. The molecule has 2 aromatic heterocycles. The molecule has 0 spiro atoms. The van der Waals surface area contributed by atoms with Crippen molar-refractivity contribution in [2.24, 2.45) is 0 Å². The molecule has 0 fully saturated rings. The zero-order chi connectivity index (χ0) is 14.5. The second-order valence-corrected chi connectivity index (χ2v) is 5.50. The fourth-order valence-corrected chi connectivity index (χ4v) is 2.68. The van der Waals surface area contributed by atoms with E-state index in [4.69, 9.17) is 8.94 Å². The van der Waals surface area contributed by atoms with Gasteiger partial charge in [0.05, 0.1) is 23.7 Å². The van der Waals surface area contributed by atoms with Crippen LogP contribution in [0.2, 0.25) is 0 Å². The molecule has 0 aliphatic heterocycles. The molecule has 1 atom stereocenters. The van der Waals surface area contributed by atoms with Crippen molar-refractivity contribution in [1.29, 1.82) is 0 Å². The number of furan rings is 1. The normalized spacial score (nSPS) is 12.4. The molecule has 0 aliphatic rings. The van der Waals surface area contributed by atoms with E-state index in [0.29, 0.717) is 23.2 Å². The van der Waals surface area contributed by atoms with Crippen molar-refractivity contribution in [1.82, 2.24) is 10.1 Å². The first-order chi connectivity index (χ1) is 10.3. The minimum absolute atomic E-state index is 0.493. The summed E-state index contributed by atoms with van der Waals surface area (Å²) in [4.78, 5) is 4.28. The van der Waals surface area contributed by atoms with Crippen LogP contribution in [0.3, 0.4) is 0 Å². The lowest BCUT2D eigenvalue weighted by atomic mass is 10.1. The molecule has 0 unspecified atom stereocenters. The van der Waals surface area contributed by atoms with Gasteiger partial charge in [0.2, 0.25) is 11.7 Å². The van der Waals surface area contributed by atoms with E-state index < -0.39 is 6.10 Å². The number of nitrogens with zero attached hydrogens (tertiary/aromatic N) is 2. The molecule has 0 bridgehead atoms. The summed E-state index contributed by atoms with van der Waals surface area (Å²) in [5, 5.41) is 13.9. The Hall–Kier alpha value is -2.05. The minimum Gasteiger partial charge on any atom is -0.472 e. The summed E-state index contributed by atoms with van der Waals surface area (Å²) < 4.78 is 10.2. The van der Waals surface area contributed by atoms with Gasteiger partial charge in [0.25, 0.3) is 0 Å².